The predicted molar refractivity (Wildman–Crippen MR) is 41.7 cm³/mol. The van der Waals surface area contributed by atoms with Crippen LogP contribution in [0.5, 0.6) is 0 Å². The third-order valence-corrected chi connectivity index (χ3v) is 1.21. The summed E-state index contributed by atoms with van der Waals surface area (Å²) >= 11 is 3.53. The van der Waals surface area contributed by atoms with Crippen LogP contribution in [0.15, 0.2) is 0 Å². The number of hydrogen-bond acceptors (Lipinski definition) is 2. The maximum absolute atomic E-state index is 10.3. The maximum Gasteiger partial charge on any atom is 0.220 e. The van der Waals surface area contributed by atoms with Crippen LogP contribution in [0.1, 0.15) is 19.8 Å². The number of amides is 1. The third-order valence-electron chi connectivity index (χ3n) is 1.21. The molecule has 54 valence electrons. The average molecular weight is 147 g/mol. The van der Waals surface area contributed by atoms with Crippen molar-refractivity contribution in [2.45, 2.75) is 25.8 Å². The van der Waals surface area contributed by atoms with Gasteiger partial charge in [-0.05, 0) is 19.6 Å². The first-order valence-electron chi connectivity index (χ1n) is 3.03. The second kappa shape index (κ2) is 4.68. The molecule has 0 aromatic carbocycles. The molecule has 0 aromatic rings. The zero-order valence-electron chi connectivity index (χ0n) is 5.85. The van der Waals surface area contributed by atoms with Gasteiger partial charge in [0.1, 0.15) is 0 Å². The molecule has 0 bridgehead atoms. The molecule has 1 N–H and O–H groups in total. The largest absolute Gasteiger partial charge is 0.354 e. The van der Waals surface area contributed by atoms with Crippen molar-refractivity contribution < 1.29 is 4.79 Å². The van der Waals surface area contributed by atoms with E-state index in [0.717, 1.165) is 12.8 Å². The van der Waals surface area contributed by atoms with Crippen molar-refractivity contribution >= 4 is 18.5 Å². The molecule has 9 heavy (non-hydrogen) atoms. The first-order valence-corrected chi connectivity index (χ1v) is 3.92. The number of nitrogens with one attached hydrogen (secondary N) is 1. The van der Waals surface area contributed by atoms with Crippen molar-refractivity contribution in [2.75, 3.05) is 6.26 Å². The molecule has 1 atom stereocenters. The van der Waals surface area contributed by atoms with Crippen molar-refractivity contribution in [1.29, 1.82) is 0 Å². The minimum Gasteiger partial charge on any atom is -0.354 e. The van der Waals surface area contributed by atoms with Crippen molar-refractivity contribution in [3.05, 3.63) is 0 Å². The van der Waals surface area contributed by atoms with Gasteiger partial charge in [-0.25, -0.2) is 0 Å². The number of carbonyl (C=O) groups is 1. The fraction of sp³-hybridized carbons (Fsp3) is 0.833. The van der Waals surface area contributed by atoms with Crippen LogP contribution in [-0.2, 0) is 4.79 Å². The molecule has 1 rings (SSSR count). The highest BCUT2D eigenvalue weighted by atomic mass is 32.1. The SMILES string of the molecule is CC1CCC(=O)N1.CS. The lowest BCUT2D eigenvalue weighted by Gasteiger charge is -1.95. The molecular weight excluding hydrogens is 134 g/mol. The van der Waals surface area contributed by atoms with Gasteiger partial charge in [-0.2, -0.15) is 12.6 Å². The van der Waals surface area contributed by atoms with Gasteiger partial charge in [0.15, 0.2) is 0 Å². The summed E-state index contributed by atoms with van der Waals surface area (Å²) in [5.74, 6) is 0.201. The summed E-state index contributed by atoms with van der Waals surface area (Å²) in [7, 11) is 0. The fourth-order valence-electron chi connectivity index (χ4n) is 0.767. The standard InChI is InChI=1S/C5H9NO.CH4S/c1-4-2-3-5(7)6-4;1-2/h4H,2-3H2,1H3,(H,6,7);2H,1H3. The maximum atomic E-state index is 10.3. The first-order chi connectivity index (χ1) is 4.29. The molecule has 0 spiro atoms. The number of thiol groups is 1. The highest BCUT2D eigenvalue weighted by Crippen LogP contribution is 2.03. The van der Waals surface area contributed by atoms with Gasteiger partial charge in [0.2, 0.25) is 5.91 Å². The normalized spacial score (nSPS) is 24.3. The monoisotopic (exact) mass is 147 g/mol. The number of hydrogen-bond donors (Lipinski definition) is 2. The summed E-state index contributed by atoms with van der Waals surface area (Å²) in [6, 6.07) is 0.424. The Morgan fingerprint density at radius 3 is 2.33 bits per heavy atom. The van der Waals surface area contributed by atoms with Crippen LogP contribution >= 0.6 is 12.6 Å². The van der Waals surface area contributed by atoms with Gasteiger partial charge in [0.25, 0.3) is 0 Å². The molecule has 0 radical (unpaired) electrons. The van der Waals surface area contributed by atoms with Crippen molar-refractivity contribution in [1.82, 2.24) is 5.32 Å². The Balaban J connectivity index is 0.000000291. The molecule has 1 aliphatic rings. The highest BCUT2D eigenvalue weighted by molar-refractivity contribution is 7.79. The minimum atomic E-state index is 0.201. The topological polar surface area (TPSA) is 29.1 Å². The van der Waals surface area contributed by atoms with Gasteiger partial charge >= 0.3 is 0 Å². The van der Waals surface area contributed by atoms with E-state index in [4.69, 9.17) is 0 Å². The van der Waals surface area contributed by atoms with E-state index < -0.39 is 0 Å². The van der Waals surface area contributed by atoms with Crippen LogP contribution in [0.3, 0.4) is 0 Å². The predicted octanol–water partition coefficient (Wildman–Crippen LogP) is 0.831. The van der Waals surface area contributed by atoms with Crippen LogP contribution in [0, 0.1) is 0 Å². The zero-order valence-corrected chi connectivity index (χ0v) is 6.74. The van der Waals surface area contributed by atoms with E-state index in [2.05, 4.69) is 17.9 Å². The molecular formula is C6H13NOS. The summed E-state index contributed by atoms with van der Waals surface area (Å²) in [6.07, 6.45) is 3.43. The Labute approximate surface area is 61.4 Å². The van der Waals surface area contributed by atoms with E-state index in [1.54, 1.807) is 6.26 Å². The first kappa shape index (κ1) is 8.82. The van der Waals surface area contributed by atoms with Crippen LogP contribution < -0.4 is 5.32 Å². The van der Waals surface area contributed by atoms with Crippen molar-refractivity contribution in [2.24, 2.45) is 0 Å². The molecule has 3 heteroatoms. The Bertz CT molecular complexity index is 95.1. The summed E-state index contributed by atoms with van der Waals surface area (Å²) < 4.78 is 0. The summed E-state index contributed by atoms with van der Waals surface area (Å²) in [6.45, 7) is 2.02. The Hall–Kier alpha value is -0.180. The van der Waals surface area contributed by atoms with E-state index >= 15 is 0 Å². The molecule has 1 heterocycles. The molecule has 1 fully saturated rings. The third kappa shape index (κ3) is 3.40. The van der Waals surface area contributed by atoms with Crippen molar-refractivity contribution in [3.8, 4) is 0 Å². The zero-order chi connectivity index (χ0) is 7.28. The molecule has 1 aliphatic heterocycles. The van der Waals surface area contributed by atoms with Gasteiger partial charge < -0.3 is 5.32 Å². The molecule has 0 aromatic heterocycles. The number of rotatable bonds is 0. The van der Waals surface area contributed by atoms with Crippen molar-refractivity contribution in [3.63, 3.8) is 0 Å². The number of carbonyl (C=O) groups excluding carboxylic acids is 1. The fourth-order valence-corrected chi connectivity index (χ4v) is 0.767. The quantitative estimate of drug-likeness (QED) is 0.488. The van der Waals surface area contributed by atoms with Gasteiger partial charge in [-0.1, -0.05) is 0 Å². The van der Waals surface area contributed by atoms with E-state index in [1.807, 2.05) is 6.92 Å². The molecule has 0 saturated carbocycles. The van der Waals surface area contributed by atoms with Gasteiger partial charge in [0, 0.05) is 12.5 Å². The lowest BCUT2D eigenvalue weighted by atomic mass is 10.3. The van der Waals surface area contributed by atoms with Crippen LogP contribution in [0.4, 0.5) is 0 Å². The summed E-state index contributed by atoms with van der Waals surface area (Å²) in [5, 5.41) is 2.78. The average Bonchev–Trinajstić information content (AvgIpc) is 2.20. The summed E-state index contributed by atoms with van der Waals surface area (Å²) in [5.41, 5.74) is 0. The van der Waals surface area contributed by atoms with E-state index in [1.165, 1.54) is 0 Å². The Morgan fingerprint density at radius 2 is 2.22 bits per heavy atom. The Kier molecular flexibility index (Phi) is 4.58. The van der Waals surface area contributed by atoms with E-state index in [-0.39, 0.29) is 5.91 Å². The van der Waals surface area contributed by atoms with Gasteiger partial charge in [-0.3, -0.25) is 4.79 Å². The lowest BCUT2D eigenvalue weighted by molar-refractivity contribution is -0.119. The van der Waals surface area contributed by atoms with Gasteiger partial charge in [0.05, 0.1) is 0 Å². The van der Waals surface area contributed by atoms with E-state index in [0.29, 0.717) is 6.04 Å². The molecule has 1 amide bonds. The lowest BCUT2D eigenvalue weighted by Crippen LogP contribution is -2.21. The molecule has 0 aliphatic carbocycles. The minimum absolute atomic E-state index is 0.201. The van der Waals surface area contributed by atoms with Gasteiger partial charge in [-0.15, -0.1) is 0 Å². The smallest absolute Gasteiger partial charge is 0.220 e. The molecule has 1 unspecified atom stereocenters. The van der Waals surface area contributed by atoms with Crippen LogP contribution in [0.2, 0.25) is 0 Å². The van der Waals surface area contributed by atoms with Crippen LogP contribution in [-0.4, -0.2) is 18.2 Å². The second-order valence-corrected chi connectivity index (χ2v) is 2.01. The Morgan fingerprint density at radius 1 is 1.67 bits per heavy atom. The second-order valence-electron chi connectivity index (χ2n) is 2.01. The van der Waals surface area contributed by atoms with E-state index in [9.17, 15) is 4.79 Å². The summed E-state index contributed by atoms with van der Waals surface area (Å²) in [4.78, 5) is 10.3. The highest BCUT2D eigenvalue weighted by Gasteiger charge is 2.14. The van der Waals surface area contributed by atoms with Crippen LogP contribution in [0.25, 0.3) is 0 Å². The molecule has 2 nitrogen and oxygen atoms in total. The molecule has 1 saturated heterocycles.